The smallest absolute Gasteiger partial charge is 0.191 e. The molecule has 0 amide bonds. The van der Waals surface area contributed by atoms with Crippen molar-refractivity contribution in [2.75, 3.05) is 20.2 Å². The van der Waals surface area contributed by atoms with Crippen LogP contribution in [0, 0.1) is 0 Å². The zero-order chi connectivity index (χ0) is 14.9. The molecule has 0 saturated heterocycles. The number of aliphatic imine (C=N–C) groups is 1. The molecule has 2 aromatic rings. The van der Waals surface area contributed by atoms with Gasteiger partial charge in [0.25, 0.3) is 0 Å². The van der Waals surface area contributed by atoms with Crippen molar-refractivity contribution in [3.05, 3.63) is 51.1 Å². The number of rotatable bonds is 6. The highest BCUT2D eigenvalue weighted by Gasteiger charge is 2.00. The van der Waals surface area contributed by atoms with E-state index in [1.54, 1.807) is 18.4 Å². The highest BCUT2D eigenvalue weighted by Crippen LogP contribution is 2.21. The maximum absolute atomic E-state index is 5.62. The third-order valence-electron chi connectivity index (χ3n) is 2.69. The van der Waals surface area contributed by atoms with Gasteiger partial charge in [-0.25, -0.2) is 0 Å². The van der Waals surface area contributed by atoms with Gasteiger partial charge in [-0.15, -0.1) is 35.3 Å². The largest absolute Gasteiger partial charge is 0.492 e. The van der Waals surface area contributed by atoms with Gasteiger partial charge in [-0.05, 0) is 40.2 Å². The zero-order valence-electron chi connectivity index (χ0n) is 12.2. The second-order valence-electron chi connectivity index (χ2n) is 4.22. The summed E-state index contributed by atoms with van der Waals surface area (Å²) in [5.74, 6) is 1.65. The number of halogens is 2. The van der Waals surface area contributed by atoms with E-state index in [9.17, 15) is 0 Å². The van der Waals surface area contributed by atoms with Crippen molar-refractivity contribution in [2.45, 2.75) is 6.54 Å². The van der Waals surface area contributed by atoms with Crippen LogP contribution in [0.15, 0.2) is 51.2 Å². The Kier molecular flexibility index (Phi) is 9.49. The van der Waals surface area contributed by atoms with Gasteiger partial charge in [0.2, 0.25) is 0 Å². The molecule has 0 radical (unpaired) electrons. The number of guanidine groups is 1. The van der Waals surface area contributed by atoms with Crippen LogP contribution in [0.2, 0.25) is 0 Å². The molecule has 0 aliphatic carbocycles. The second-order valence-corrected chi connectivity index (χ2v) is 6.77. The summed E-state index contributed by atoms with van der Waals surface area (Å²) in [6.45, 7) is 2.05. The van der Waals surface area contributed by atoms with Gasteiger partial charge in [0, 0.05) is 11.9 Å². The van der Waals surface area contributed by atoms with Crippen molar-refractivity contribution in [3.63, 3.8) is 0 Å². The van der Waals surface area contributed by atoms with E-state index in [-0.39, 0.29) is 24.0 Å². The predicted molar refractivity (Wildman–Crippen MR) is 108 cm³/mol. The lowest BCUT2D eigenvalue weighted by Gasteiger charge is -2.11. The summed E-state index contributed by atoms with van der Waals surface area (Å²) in [7, 11) is 1.76. The third-order valence-corrected chi connectivity index (χ3v) is 4.31. The van der Waals surface area contributed by atoms with E-state index in [1.807, 2.05) is 36.4 Å². The van der Waals surface area contributed by atoms with E-state index in [1.165, 1.54) is 4.88 Å². The number of para-hydroxylation sites is 1. The molecule has 0 saturated carbocycles. The van der Waals surface area contributed by atoms with Crippen molar-refractivity contribution in [1.29, 1.82) is 0 Å². The van der Waals surface area contributed by atoms with Gasteiger partial charge in [0.15, 0.2) is 5.96 Å². The average Bonchev–Trinajstić information content (AvgIpc) is 2.93. The molecule has 0 unspecified atom stereocenters. The maximum atomic E-state index is 5.62. The maximum Gasteiger partial charge on any atom is 0.191 e. The summed E-state index contributed by atoms with van der Waals surface area (Å²) in [4.78, 5) is 5.44. The lowest BCUT2D eigenvalue weighted by Crippen LogP contribution is -2.38. The Hall–Kier alpha value is -0.800. The summed E-state index contributed by atoms with van der Waals surface area (Å²) < 4.78 is 6.76. The Balaban J connectivity index is 0.00000242. The molecule has 0 spiro atoms. The summed E-state index contributed by atoms with van der Waals surface area (Å²) in [5.41, 5.74) is 0. The van der Waals surface area contributed by atoms with Crippen LogP contribution in [0.1, 0.15) is 4.88 Å². The van der Waals surface area contributed by atoms with Gasteiger partial charge < -0.3 is 15.4 Å². The summed E-state index contributed by atoms with van der Waals surface area (Å²) in [6.07, 6.45) is 0. The highest BCUT2D eigenvalue weighted by molar-refractivity contribution is 14.0. The number of ether oxygens (including phenoxy) is 1. The lowest BCUT2D eigenvalue weighted by atomic mass is 10.3. The fourth-order valence-electron chi connectivity index (χ4n) is 1.69. The molecule has 0 atom stereocenters. The highest BCUT2D eigenvalue weighted by atomic mass is 127. The lowest BCUT2D eigenvalue weighted by molar-refractivity contribution is 0.322. The average molecular weight is 496 g/mol. The van der Waals surface area contributed by atoms with Gasteiger partial charge in [-0.2, -0.15) is 0 Å². The topological polar surface area (TPSA) is 45.7 Å². The number of nitrogens with zero attached hydrogens (tertiary/aromatic N) is 1. The molecule has 1 heterocycles. The summed E-state index contributed by atoms with van der Waals surface area (Å²) in [5, 5.41) is 6.49. The molecule has 1 aromatic heterocycles. The van der Waals surface area contributed by atoms with Crippen LogP contribution < -0.4 is 15.4 Å². The first-order chi connectivity index (χ1) is 10.3. The molecule has 4 nitrogen and oxygen atoms in total. The predicted octanol–water partition coefficient (Wildman–Crippen LogP) is 3.87. The van der Waals surface area contributed by atoms with E-state index in [0.29, 0.717) is 13.2 Å². The van der Waals surface area contributed by atoms with Crippen LogP contribution >= 0.6 is 51.2 Å². The molecule has 0 aliphatic heterocycles. The Bertz CT molecular complexity index is 577. The molecule has 2 rings (SSSR count). The first-order valence-electron chi connectivity index (χ1n) is 6.64. The van der Waals surface area contributed by atoms with Crippen molar-refractivity contribution in [3.8, 4) is 5.75 Å². The van der Waals surface area contributed by atoms with E-state index in [2.05, 4.69) is 37.6 Å². The number of nitrogens with one attached hydrogen (secondary N) is 2. The Labute approximate surface area is 160 Å². The summed E-state index contributed by atoms with van der Waals surface area (Å²) in [6, 6.07) is 13.9. The van der Waals surface area contributed by atoms with E-state index < -0.39 is 0 Å². The first-order valence-corrected chi connectivity index (χ1v) is 8.25. The standard InChI is InChI=1S/C15H18BrN3OS.HI/c1-17-15(19-11-13-7-8-14(16)21-13)18-9-10-20-12-5-3-2-4-6-12;/h2-8H,9-11H2,1H3,(H2,17,18,19);1H. The van der Waals surface area contributed by atoms with Gasteiger partial charge >= 0.3 is 0 Å². The number of thiophene rings is 1. The molecule has 0 bridgehead atoms. The van der Waals surface area contributed by atoms with Crippen molar-refractivity contribution >= 4 is 57.2 Å². The SMILES string of the molecule is CN=C(NCCOc1ccccc1)NCc1ccc(Br)s1.I. The van der Waals surface area contributed by atoms with Crippen LogP contribution in [0.5, 0.6) is 5.75 Å². The van der Waals surface area contributed by atoms with Gasteiger partial charge in [0.1, 0.15) is 12.4 Å². The molecular weight excluding hydrogens is 477 g/mol. The quantitative estimate of drug-likeness (QED) is 0.277. The number of benzene rings is 1. The molecule has 120 valence electrons. The molecule has 1 aromatic carbocycles. The molecular formula is C15H19BrIN3OS. The van der Waals surface area contributed by atoms with Gasteiger partial charge in [-0.3, -0.25) is 4.99 Å². The fraction of sp³-hybridized carbons (Fsp3) is 0.267. The monoisotopic (exact) mass is 495 g/mol. The molecule has 2 N–H and O–H groups in total. The fourth-order valence-corrected chi connectivity index (χ4v) is 3.12. The van der Waals surface area contributed by atoms with Crippen molar-refractivity contribution in [2.24, 2.45) is 4.99 Å². The number of hydrogen-bond donors (Lipinski definition) is 2. The van der Waals surface area contributed by atoms with Gasteiger partial charge in [0.05, 0.1) is 16.9 Å². The third kappa shape index (κ3) is 6.97. The molecule has 0 aliphatic rings. The Morgan fingerprint density at radius 2 is 1.95 bits per heavy atom. The van der Waals surface area contributed by atoms with E-state index >= 15 is 0 Å². The normalized spacial score (nSPS) is 10.7. The van der Waals surface area contributed by atoms with Crippen molar-refractivity contribution < 1.29 is 4.74 Å². The minimum atomic E-state index is 0. The Morgan fingerprint density at radius 1 is 1.18 bits per heavy atom. The van der Waals surface area contributed by atoms with E-state index in [0.717, 1.165) is 22.0 Å². The van der Waals surface area contributed by atoms with Gasteiger partial charge in [-0.1, -0.05) is 18.2 Å². The molecule has 0 fully saturated rings. The summed E-state index contributed by atoms with van der Waals surface area (Å²) >= 11 is 5.17. The van der Waals surface area contributed by atoms with Crippen LogP contribution in [0.3, 0.4) is 0 Å². The first kappa shape index (κ1) is 19.2. The molecule has 22 heavy (non-hydrogen) atoms. The van der Waals surface area contributed by atoms with Crippen LogP contribution in [-0.2, 0) is 6.54 Å². The van der Waals surface area contributed by atoms with Crippen LogP contribution in [0.4, 0.5) is 0 Å². The van der Waals surface area contributed by atoms with E-state index in [4.69, 9.17) is 4.74 Å². The van der Waals surface area contributed by atoms with Crippen LogP contribution in [-0.4, -0.2) is 26.2 Å². The molecule has 7 heteroatoms. The Morgan fingerprint density at radius 3 is 2.59 bits per heavy atom. The second kappa shape index (κ2) is 10.8. The minimum absolute atomic E-state index is 0. The zero-order valence-corrected chi connectivity index (χ0v) is 16.9. The minimum Gasteiger partial charge on any atom is -0.492 e. The number of hydrogen-bond acceptors (Lipinski definition) is 3. The van der Waals surface area contributed by atoms with Crippen molar-refractivity contribution in [1.82, 2.24) is 10.6 Å². The van der Waals surface area contributed by atoms with Crippen LogP contribution in [0.25, 0.3) is 0 Å².